The number of likely N-dealkylation sites (tertiary alicyclic amines) is 1. The zero-order chi connectivity index (χ0) is 15.2. The minimum Gasteiger partial charge on any atom is -0.343 e. The van der Waals surface area contributed by atoms with E-state index < -0.39 is 0 Å². The van der Waals surface area contributed by atoms with Crippen LogP contribution in [0, 0.1) is 0 Å². The van der Waals surface area contributed by atoms with Gasteiger partial charge in [-0.1, -0.05) is 0 Å². The highest BCUT2D eigenvalue weighted by molar-refractivity contribution is 5.76. The van der Waals surface area contributed by atoms with Gasteiger partial charge in [0.15, 0.2) is 0 Å². The van der Waals surface area contributed by atoms with Crippen molar-refractivity contribution in [2.24, 2.45) is 0 Å². The van der Waals surface area contributed by atoms with Crippen LogP contribution in [-0.4, -0.2) is 38.7 Å². The summed E-state index contributed by atoms with van der Waals surface area (Å²) >= 11 is 0. The first-order valence-corrected chi connectivity index (χ1v) is 7.98. The fourth-order valence-electron chi connectivity index (χ4n) is 3.08. The van der Waals surface area contributed by atoms with Crippen molar-refractivity contribution in [3.05, 3.63) is 48.5 Å². The molecule has 0 aliphatic carbocycles. The zero-order valence-corrected chi connectivity index (χ0v) is 12.8. The molecule has 0 atom stereocenters. The van der Waals surface area contributed by atoms with Gasteiger partial charge in [-0.3, -0.25) is 14.5 Å². The van der Waals surface area contributed by atoms with E-state index in [1.807, 2.05) is 34.2 Å². The number of rotatable bonds is 5. The Labute approximate surface area is 131 Å². The topological polar surface area (TPSA) is 51.0 Å². The number of pyridine rings is 1. The SMILES string of the molecule is O=C(CCCn1cccn1)N1CCC(c2ccncc2)CC1. The van der Waals surface area contributed by atoms with Crippen molar-refractivity contribution in [3.8, 4) is 0 Å². The summed E-state index contributed by atoms with van der Waals surface area (Å²) < 4.78 is 1.88. The Hall–Kier alpha value is -2.17. The summed E-state index contributed by atoms with van der Waals surface area (Å²) in [5, 5.41) is 4.16. The molecule has 0 aromatic carbocycles. The van der Waals surface area contributed by atoms with Crippen molar-refractivity contribution in [3.63, 3.8) is 0 Å². The van der Waals surface area contributed by atoms with Gasteiger partial charge in [-0.25, -0.2) is 0 Å². The number of nitrogens with zero attached hydrogens (tertiary/aromatic N) is 4. The van der Waals surface area contributed by atoms with Gasteiger partial charge in [-0.05, 0) is 48.9 Å². The molecule has 2 aromatic rings. The van der Waals surface area contributed by atoms with E-state index in [1.165, 1.54) is 5.56 Å². The fraction of sp³-hybridized carbons (Fsp3) is 0.471. The number of carbonyl (C=O) groups excluding carboxylic acids is 1. The monoisotopic (exact) mass is 298 g/mol. The molecule has 1 amide bonds. The van der Waals surface area contributed by atoms with E-state index in [0.717, 1.165) is 38.9 Å². The highest BCUT2D eigenvalue weighted by Gasteiger charge is 2.23. The van der Waals surface area contributed by atoms with Gasteiger partial charge in [-0.15, -0.1) is 0 Å². The molecule has 1 aliphatic heterocycles. The molecule has 5 nitrogen and oxygen atoms in total. The van der Waals surface area contributed by atoms with E-state index in [0.29, 0.717) is 12.3 Å². The van der Waals surface area contributed by atoms with Crippen molar-refractivity contribution < 1.29 is 4.79 Å². The lowest BCUT2D eigenvalue weighted by Crippen LogP contribution is -2.37. The van der Waals surface area contributed by atoms with Crippen molar-refractivity contribution in [1.29, 1.82) is 0 Å². The lowest BCUT2D eigenvalue weighted by molar-refractivity contribution is -0.132. The van der Waals surface area contributed by atoms with Crippen molar-refractivity contribution >= 4 is 5.91 Å². The lowest BCUT2D eigenvalue weighted by atomic mass is 9.90. The van der Waals surface area contributed by atoms with Gasteiger partial charge < -0.3 is 4.90 Å². The minimum absolute atomic E-state index is 0.278. The zero-order valence-electron chi connectivity index (χ0n) is 12.8. The van der Waals surface area contributed by atoms with E-state index >= 15 is 0 Å². The molecular weight excluding hydrogens is 276 g/mol. The summed E-state index contributed by atoms with van der Waals surface area (Å²) in [6, 6.07) is 6.09. The third-order valence-electron chi connectivity index (χ3n) is 4.36. The van der Waals surface area contributed by atoms with E-state index in [9.17, 15) is 4.79 Å². The second-order valence-corrected chi connectivity index (χ2v) is 5.81. The molecule has 0 bridgehead atoms. The average Bonchev–Trinajstić information content (AvgIpc) is 3.09. The smallest absolute Gasteiger partial charge is 0.222 e. The van der Waals surface area contributed by atoms with Crippen LogP contribution in [0.15, 0.2) is 43.0 Å². The first kappa shape index (κ1) is 14.8. The standard InChI is InChI=1S/C17H22N4O/c22-17(3-1-11-21-12-2-8-19-21)20-13-6-16(7-14-20)15-4-9-18-10-5-15/h2,4-5,8-10,12,16H,1,3,6-7,11,13-14H2. The van der Waals surface area contributed by atoms with Crippen LogP contribution in [0.5, 0.6) is 0 Å². The maximum atomic E-state index is 12.3. The predicted octanol–water partition coefficient (Wildman–Crippen LogP) is 2.46. The van der Waals surface area contributed by atoms with Crippen molar-refractivity contribution in [1.82, 2.24) is 19.7 Å². The number of piperidine rings is 1. The van der Waals surface area contributed by atoms with E-state index in [-0.39, 0.29) is 5.91 Å². The minimum atomic E-state index is 0.278. The van der Waals surface area contributed by atoms with E-state index in [4.69, 9.17) is 0 Å². The number of aryl methyl sites for hydroxylation is 1. The summed E-state index contributed by atoms with van der Waals surface area (Å²) in [5.41, 5.74) is 1.35. The highest BCUT2D eigenvalue weighted by atomic mass is 16.2. The number of amides is 1. The molecule has 3 rings (SSSR count). The quantitative estimate of drug-likeness (QED) is 0.852. The molecule has 22 heavy (non-hydrogen) atoms. The van der Waals surface area contributed by atoms with Gasteiger partial charge in [0.25, 0.3) is 0 Å². The molecule has 116 valence electrons. The molecule has 3 heterocycles. The molecule has 0 unspecified atom stereocenters. The van der Waals surface area contributed by atoms with E-state index in [2.05, 4.69) is 22.2 Å². The summed E-state index contributed by atoms with van der Waals surface area (Å²) in [5.74, 6) is 0.844. The van der Waals surface area contributed by atoms with Gasteiger partial charge in [-0.2, -0.15) is 5.10 Å². The summed E-state index contributed by atoms with van der Waals surface area (Å²) in [6.07, 6.45) is 11.0. The number of aromatic nitrogens is 3. The van der Waals surface area contributed by atoms with Gasteiger partial charge in [0.1, 0.15) is 0 Å². The predicted molar refractivity (Wildman–Crippen MR) is 84.3 cm³/mol. The molecule has 0 radical (unpaired) electrons. The number of hydrogen-bond acceptors (Lipinski definition) is 3. The third kappa shape index (κ3) is 3.72. The maximum absolute atomic E-state index is 12.3. The van der Waals surface area contributed by atoms with Crippen LogP contribution >= 0.6 is 0 Å². The summed E-state index contributed by atoms with van der Waals surface area (Å²) in [4.78, 5) is 18.3. The van der Waals surface area contributed by atoms with Crippen LogP contribution in [-0.2, 0) is 11.3 Å². The number of hydrogen-bond donors (Lipinski definition) is 0. The Kier molecular flexibility index (Phi) is 4.83. The van der Waals surface area contributed by atoms with Crippen molar-refractivity contribution in [2.45, 2.75) is 38.1 Å². The van der Waals surface area contributed by atoms with Gasteiger partial charge in [0, 0.05) is 50.8 Å². The third-order valence-corrected chi connectivity index (χ3v) is 4.36. The molecule has 1 saturated heterocycles. The maximum Gasteiger partial charge on any atom is 0.222 e. The Bertz CT molecular complexity index is 574. The Morgan fingerprint density at radius 2 is 1.95 bits per heavy atom. The van der Waals surface area contributed by atoms with Crippen LogP contribution < -0.4 is 0 Å². The fourth-order valence-corrected chi connectivity index (χ4v) is 3.08. The van der Waals surface area contributed by atoms with Crippen LogP contribution in [0.4, 0.5) is 0 Å². The average molecular weight is 298 g/mol. The molecule has 1 fully saturated rings. The second-order valence-electron chi connectivity index (χ2n) is 5.81. The van der Waals surface area contributed by atoms with Crippen LogP contribution in [0.1, 0.15) is 37.2 Å². The Morgan fingerprint density at radius 3 is 2.64 bits per heavy atom. The Balaban J connectivity index is 1.42. The first-order chi connectivity index (χ1) is 10.8. The highest BCUT2D eigenvalue weighted by Crippen LogP contribution is 2.27. The normalized spacial score (nSPS) is 15.9. The molecule has 0 N–H and O–H groups in total. The molecule has 0 saturated carbocycles. The summed E-state index contributed by atoms with van der Waals surface area (Å²) in [7, 11) is 0. The molecule has 0 spiro atoms. The summed E-state index contributed by atoms with van der Waals surface area (Å²) in [6.45, 7) is 2.55. The molecular formula is C17H22N4O. The Morgan fingerprint density at radius 1 is 1.18 bits per heavy atom. The van der Waals surface area contributed by atoms with Gasteiger partial charge >= 0.3 is 0 Å². The first-order valence-electron chi connectivity index (χ1n) is 7.98. The van der Waals surface area contributed by atoms with Crippen LogP contribution in [0.2, 0.25) is 0 Å². The van der Waals surface area contributed by atoms with Crippen molar-refractivity contribution in [2.75, 3.05) is 13.1 Å². The van der Waals surface area contributed by atoms with Gasteiger partial charge in [0.2, 0.25) is 5.91 Å². The van der Waals surface area contributed by atoms with Gasteiger partial charge in [0.05, 0.1) is 0 Å². The molecule has 2 aromatic heterocycles. The van der Waals surface area contributed by atoms with Crippen LogP contribution in [0.25, 0.3) is 0 Å². The van der Waals surface area contributed by atoms with Crippen LogP contribution in [0.3, 0.4) is 0 Å². The number of carbonyl (C=O) groups is 1. The van der Waals surface area contributed by atoms with E-state index in [1.54, 1.807) is 6.20 Å². The second kappa shape index (κ2) is 7.20. The largest absolute Gasteiger partial charge is 0.343 e. The molecule has 5 heteroatoms. The molecule has 1 aliphatic rings. The lowest BCUT2D eigenvalue weighted by Gasteiger charge is -2.32.